The van der Waals surface area contributed by atoms with Crippen molar-refractivity contribution in [2.24, 2.45) is 0 Å². The van der Waals surface area contributed by atoms with Gasteiger partial charge >= 0.3 is 0 Å². The van der Waals surface area contributed by atoms with Crippen LogP contribution in [0.5, 0.6) is 0 Å². The molecular weight excluding hydrogens is 448 g/mol. The molecule has 0 aliphatic carbocycles. The first-order valence-corrected chi connectivity index (χ1v) is 12.1. The second-order valence-electron chi connectivity index (χ2n) is 8.73. The van der Waals surface area contributed by atoms with Gasteiger partial charge in [0.2, 0.25) is 23.6 Å². The topological polar surface area (TPSA) is 77.8 Å². The van der Waals surface area contributed by atoms with Gasteiger partial charge in [0.25, 0.3) is 0 Å². The fraction of sp³-hybridized carbons (Fsp3) is 0.133. The summed E-state index contributed by atoms with van der Waals surface area (Å²) in [5, 5.41) is 19.3. The number of nitrogens with zero attached hydrogens (tertiary/aromatic N) is 4. The Hall–Kier alpha value is -4.58. The van der Waals surface area contributed by atoms with E-state index in [1.807, 2.05) is 60.7 Å². The number of aryl methyl sites for hydroxylation is 1. The third kappa shape index (κ3) is 4.29. The standard InChI is InChI=1S/C30H24N4O2/c1-2-3-8-20-15-17-22(18-16-20)27-31-32-28(35-27)23-11-6-12-24(19-23)29-33-34-30(36-29)26-14-7-10-21-9-4-5-13-25(21)26/h4-7,9-19H,2-3,8H2,1H3. The molecule has 36 heavy (non-hydrogen) atoms. The normalized spacial score (nSPS) is 11.2. The third-order valence-electron chi connectivity index (χ3n) is 6.25. The minimum Gasteiger partial charge on any atom is -0.416 e. The largest absolute Gasteiger partial charge is 0.416 e. The minimum absolute atomic E-state index is 0.433. The summed E-state index contributed by atoms with van der Waals surface area (Å²) >= 11 is 0. The Balaban J connectivity index is 1.26. The number of unbranched alkanes of at least 4 members (excludes halogenated alkanes) is 1. The molecule has 0 aliphatic heterocycles. The number of hydrogen-bond acceptors (Lipinski definition) is 6. The van der Waals surface area contributed by atoms with Gasteiger partial charge in [-0.25, -0.2) is 0 Å². The molecule has 0 N–H and O–H groups in total. The van der Waals surface area contributed by atoms with Crippen LogP contribution in [0.25, 0.3) is 56.6 Å². The molecule has 6 nitrogen and oxygen atoms in total. The van der Waals surface area contributed by atoms with Crippen LogP contribution in [0.15, 0.2) is 99.8 Å². The Morgan fingerprint density at radius 1 is 0.583 bits per heavy atom. The van der Waals surface area contributed by atoms with E-state index in [1.165, 1.54) is 18.4 Å². The van der Waals surface area contributed by atoms with E-state index in [4.69, 9.17) is 8.83 Å². The molecule has 0 amide bonds. The number of fused-ring (bicyclic) bond motifs is 1. The summed E-state index contributed by atoms with van der Waals surface area (Å²) in [6, 6.07) is 30.2. The molecule has 6 aromatic rings. The Bertz CT molecular complexity index is 1630. The number of rotatable bonds is 7. The van der Waals surface area contributed by atoms with Crippen LogP contribution in [0.1, 0.15) is 25.3 Å². The van der Waals surface area contributed by atoms with E-state index in [0.29, 0.717) is 23.6 Å². The molecule has 0 bridgehead atoms. The van der Waals surface area contributed by atoms with Gasteiger partial charge in [-0.1, -0.05) is 67.9 Å². The van der Waals surface area contributed by atoms with E-state index in [0.717, 1.165) is 39.4 Å². The maximum Gasteiger partial charge on any atom is 0.248 e. The van der Waals surface area contributed by atoms with Crippen molar-refractivity contribution in [3.05, 3.63) is 96.6 Å². The van der Waals surface area contributed by atoms with Crippen molar-refractivity contribution in [2.45, 2.75) is 26.2 Å². The molecule has 0 fully saturated rings. The summed E-state index contributed by atoms with van der Waals surface area (Å²) in [6.07, 6.45) is 3.45. The first-order chi connectivity index (χ1) is 17.8. The monoisotopic (exact) mass is 472 g/mol. The highest BCUT2D eigenvalue weighted by Crippen LogP contribution is 2.32. The van der Waals surface area contributed by atoms with E-state index < -0.39 is 0 Å². The molecule has 2 heterocycles. The molecule has 0 saturated carbocycles. The summed E-state index contributed by atoms with van der Waals surface area (Å²) in [5.41, 5.74) is 4.70. The number of hydrogen-bond donors (Lipinski definition) is 0. The number of benzene rings is 4. The van der Waals surface area contributed by atoms with Crippen molar-refractivity contribution < 1.29 is 8.83 Å². The Morgan fingerprint density at radius 3 is 1.94 bits per heavy atom. The maximum atomic E-state index is 6.08. The quantitative estimate of drug-likeness (QED) is 0.238. The van der Waals surface area contributed by atoms with Crippen molar-refractivity contribution >= 4 is 10.8 Å². The van der Waals surface area contributed by atoms with Gasteiger partial charge < -0.3 is 8.83 Å². The zero-order valence-electron chi connectivity index (χ0n) is 19.9. The highest BCUT2D eigenvalue weighted by atomic mass is 16.4. The molecule has 4 aromatic carbocycles. The molecule has 2 aromatic heterocycles. The Labute approximate surface area is 208 Å². The van der Waals surface area contributed by atoms with E-state index in [1.54, 1.807) is 0 Å². The second kappa shape index (κ2) is 9.58. The van der Waals surface area contributed by atoms with Crippen molar-refractivity contribution in [2.75, 3.05) is 0 Å². The van der Waals surface area contributed by atoms with Crippen molar-refractivity contribution in [3.8, 4) is 45.8 Å². The molecule has 0 radical (unpaired) electrons. The lowest BCUT2D eigenvalue weighted by molar-refractivity contribution is 0.583. The lowest BCUT2D eigenvalue weighted by atomic mass is 10.0. The van der Waals surface area contributed by atoms with Gasteiger partial charge in [0.1, 0.15) is 0 Å². The Morgan fingerprint density at radius 2 is 1.19 bits per heavy atom. The summed E-state index contributed by atoms with van der Waals surface area (Å²) in [4.78, 5) is 0. The van der Waals surface area contributed by atoms with Gasteiger partial charge in [-0.15, -0.1) is 20.4 Å². The highest BCUT2D eigenvalue weighted by molar-refractivity contribution is 5.94. The van der Waals surface area contributed by atoms with Crippen LogP contribution in [-0.4, -0.2) is 20.4 Å². The van der Waals surface area contributed by atoms with Crippen LogP contribution in [0, 0.1) is 0 Å². The molecule has 6 rings (SSSR count). The summed E-state index contributed by atoms with van der Waals surface area (Å²) < 4.78 is 12.1. The lowest BCUT2D eigenvalue weighted by Crippen LogP contribution is -1.85. The van der Waals surface area contributed by atoms with Crippen molar-refractivity contribution in [1.29, 1.82) is 0 Å². The fourth-order valence-corrected chi connectivity index (χ4v) is 4.30. The smallest absolute Gasteiger partial charge is 0.248 e. The first kappa shape index (κ1) is 21.9. The summed E-state index contributed by atoms with van der Waals surface area (Å²) in [6.45, 7) is 2.20. The van der Waals surface area contributed by atoms with Gasteiger partial charge in [-0.05, 0) is 65.6 Å². The van der Waals surface area contributed by atoms with Crippen LogP contribution < -0.4 is 0 Å². The average Bonchev–Trinajstić information content (AvgIpc) is 3.63. The van der Waals surface area contributed by atoms with Crippen LogP contribution >= 0.6 is 0 Å². The highest BCUT2D eigenvalue weighted by Gasteiger charge is 2.16. The van der Waals surface area contributed by atoms with E-state index in [-0.39, 0.29) is 0 Å². The third-order valence-corrected chi connectivity index (χ3v) is 6.25. The molecule has 0 atom stereocenters. The minimum atomic E-state index is 0.433. The van der Waals surface area contributed by atoms with Crippen molar-refractivity contribution in [3.63, 3.8) is 0 Å². The summed E-state index contributed by atoms with van der Waals surface area (Å²) in [7, 11) is 0. The molecule has 0 unspecified atom stereocenters. The SMILES string of the molecule is CCCCc1ccc(-c2nnc(-c3cccc(-c4nnc(-c5cccc6ccccc56)o4)c3)o2)cc1. The van der Waals surface area contributed by atoms with Crippen molar-refractivity contribution in [1.82, 2.24) is 20.4 Å². The molecular formula is C30H24N4O2. The number of aromatic nitrogens is 4. The van der Waals surface area contributed by atoms with Crippen LogP contribution in [-0.2, 0) is 6.42 Å². The predicted octanol–water partition coefficient (Wildman–Crippen LogP) is 7.62. The van der Waals surface area contributed by atoms with Gasteiger partial charge in [0.15, 0.2) is 0 Å². The van der Waals surface area contributed by atoms with E-state index >= 15 is 0 Å². The van der Waals surface area contributed by atoms with E-state index in [9.17, 15) is 0 Å². The average molecular weight is 473 g/mol. The second-order valence-corrected chi connectivity index (χ2v) is 8.73. The molecule has 6 heteroatoms. The first-order valence-electron chi connectivity index (χ1n) is 12.1. The molecule has 0 spiro atoms. The predicted molar refractivity (Wildman–Crippen MR) is 140 cm³/mol. The fourth-order valence-electron chi connectivity index (χ4n) is 4.30. The zero-order chi connectivity index (χ0) is 24.3. The molecule has 0 aliphatic rings. The lowest BCUT2D eigenvalue weighted by Gasteiger charge is -2.02. The molecule has 0 saturated heterocycles. The van der Waals surface area contributed by atoms with Gasteiger partial charge in [-0.2, -0.15) is 0 Å². The zero-order valence-corrected chi connectivity index (χ0v) is 19.9. The van der Waals surface area contributed by atoms with Gasteiger partial charge in [0.05, 0.1) is 0 Å². The van der Waals surface area contributed by atoms with Crippen LogP contribution in [0.4, 0.5) is 0 Å². The maximum absolute atomic E-state index is 6.08. The van der Waals surface area contributed by atoms with Crippen LogP contribution in [0.2, 0.25) is 0 Å². The van der Waals surface area contributed by atoms with E-state index in [2.05, 4.69) is 57.7 Å². The van der Waals surface area contributed by atoms with Gasteiger partial charge in [0, 0.05) is 22.3 Å². The van der Waals surface area contributed by atoms with Crippen LogP contribution in [0.3, 0.4) is 0 Å². The summed E-state index contributed by atoms with van der Waals surface area (Å²) in [5.74, 6) is 1.85. The van der Waals surface area contributed by atoms with Gasteiger partial charge in [-0.3, -0.25) is 0 Å². The Kier molecular flexibility index (Phi) is 5.83. The molecule has 176 valence electrons.